The largest absolute Gasteiger partial charge is 0.377 e. The van der Waals surface area contributed by atoms with Crippen LogP contribution in [0.25, 0.3) is 0 Å². The fourth-order valence-corrected chi connectivity index (χ4v) is 3.02. The minimum atomic E-state index is -3.36. The van der Waals surface area contributed by atoms with Crippen LogP contribution >= 0.6 is 0 Å². The number of aromatic nitrogens is 2. The number of hydrogen-bond acceptors (Lipinski definition) is 4. The van der Waals surface area contributed by atoms with Gasteiger partial charge in [-0.15, -0.1) is 0 Å². The minimum Gasteiger partial charge on any atom is -0.377 e. The van der Waals surface area contributed by atoms with Crippen molar-refractivity contribution in [2.45, 2.75) is 25.9 Å². The molecule has 0 radical (unpaired) electrons. The molecule has 1 unspecified atom stereocenters. The van der Waals surface area contributed by atoms with Gasteiger partial charge in [0.25, 0.3) is 0 Å². The lowest BCUT2D eigenvalue weighted by Gasteiger charge is -2.11. The lowest BCUT2D eigenvalue weighted by atomic mass is 10.3. The highest BCUT2D eigenvalue weighted by atomic mass is 32.2. The normalized spacial score (nSPS) is 21.2. The number of ether oxygens (including phenoxy) is 1. The summed E-state index contributed by atoms with van der Waals surface area (Å²) >= 11 is 0. The molecular weight excluding hydrogens is 230 g/mol. The monoisotopic (exact) mass is 245 g/mol. The van der Waals surface area contributed by atoms with Gasteiger partial charge in [0.2, 0.25) is 10.0 Å². The first kappa shape index (κ1) is 11.4. The standard InChI is InChI=1S/C9H15N3O3S/c1-7-5-10-11-9(7)12-16(13,14)6-8-3-2-4-15-8/h5,8H,2-4,6H2,1H3,(H2,10,11,12). The molecule has 90 valence electrons. The minimum absolute atomic E-state index is 0.00542. The molecule has 1 fully saturated rings. The second-order valence-corrected chi connectivity index (χ2v) is 5.71. The molecule has 0 aromatic carbocycles. The van der Waals surface area contributed by atoms with E-state index in [1.807, 2.05) is 0 Å². The van der Waals surface area contributed by atoms with Crippen LogP contribution < -0.4 is 4.72 Å². The molecule has 1 aliphatic heterocycles. The van der Waals surface area contributed by atoms with Crippen LogP contribution in [0.4, 0.5) is 5.82 Å². The topological polar surface area (TPSA) is 84.1 Å². The Balaban J connectivity index is 2.00. The molecule has 0 amide bonds. The van der Waals surface area contributed by atoms with Crippen molar-refractivity contribution in [1.82, 2.24) is 10.2 Å². The number of anilines is 1. The molecule has 2 N–H and O–H groups in total. The average molecular weight is 245 g/mol. The number of aromatic amines is 1. The maximum Gasteiger partial charge on any atom is 0.236 e. The number of rotatable bonds is 4. The van der Waals surface area contributed by atoms with Crippen LogP contribution in [-0.2, 0) is 14.8 Å². The number of hydrogen-bond donors (Lipinski definition) is 2. The Morgan fingerprint density at radius 1 is 1.69 bits per heavy atom. The van der Waals surface area contributed by atoms with Crippen LogP contribution in [0, 0.1) is 6.92 Å². The Morgan fingerprint density at radius 2 is 2.50 bits per heavy atom. The molecule has 7 heteroatoms. The SMILES string of the molecule is Cc1cn[nH]c1NS(=O)(=O)CC1CCCO1. The molecule has 1 atom stereocenters. The van der Waals surface area contributed by atoms with Crippen molar-refractivity contribution in [3.63, 3.8) is 0 Å². The third-order valence-corrected chi connectivity index (χ3v) is 3.84. The van der Waals surface area contributed by atoms with Crippen molar-refractivity contribution in [2.75, 3.05) is 17.1 Å². The summed E-state index contributed by atoms with van der Waals surface area (Å²) in [5.74, 6) is 0.434. The highest BCUT2D eigenvalue weighted by molar-refractivity contribution is 7.92. The molecule has 0 spiro atoms. The third kappa shape index (κ3) is 2.73. The zero-order valence-corrected chi connectivity index (χ0v) is 9.88. The van der Waals surface area contributed by atoms with Gasteiger partial charge in [0.1, 0.15) is 5.82 Å². The smallest absolute Gasteiger partial charge is 0.236 e. The quantitative estimate of drug-likeness (QED) is 0.815. The van der Waals surface area contributed by atoms with Crippen LogP contribution in [0.3, 0.4) is 0 Å². The van der Waals surface area contributed by atoms with E-state index >= 15 is 0 Å². The van der Waals surface area contributed by atoms with E-state index < -0.39 is 10.0 Å². The summed E-state index contributed by atoms with van der Waals surface area (Å²) in [7, 11) is -3.36. The van der Waals surface area contributed by atoms with E-state index in [4.69, 9.17) is 4.74 Å². The Labute approximate surface area is 94.4 Å². The maximum atomic E-state index is 11.8. The van der Waals surface area contributed by atoms with E-state index in [-0.39, 0.29) is 11.9 Å². The van der Waals surface area contributed by atoms with Gasteiger partial charge in [0.05, 0.1) is 18.1 Å². The fraction of sp³-hybridized carbons (Fsp3) is 0.667. The Morgan fingerprint density at radius 3 is 3.06 bits per heavy atom. The summed E-state index contributed by atoms with van der Waals surface area (Å²) in [6.45, 7) is 2.44. The molecule has 1 aromatic heterocycles. The van der Waals surface area contributed by atoms with E-state index in [1.54, 1.807) is 13.1 Å². The van der Waals surface area contributed by atoms with Crippen molar-refractivity contribution >= 4 is 15.8 Å². The predicted octanol–water partition coefficient (Wildman–Crippen LogP) is 0.639. The second kappa shape index (κ2) is 4.42. The summed E-state index contributed by atoms with van der Waals surface area (Å²) in [6, 6.07) is 0. The number of nitrogens with one attached hydrogen (secondary N) is 2. The predicted molar refractivity (Wildman–Crippen MR) is 59.7 cm³/mol. The first-order valence-corrected chi connectivity index (χ1v) is 6.84. The number of aryl methyl sites for hydroxylation is 1. The summed E-state index contributed by atoms with van der Waals surface area (Å²) in [5.41, 5.74) is 0.774. The summed E-state index contributed by atoms with van der Waals surface area (Å²) in [5, 5.41) is 6.36. The summed E-state index contributed by atoms with van der Waals surface area (Å²) in [6.07, 6.45) is 3.14. The molecule has 1 saturated heterocycles. The molecule has 1 aliphatic rings. The van der Waals surface area contributed by atoms with E-state index in [9.17, 15) is 8.42 Å². The zero-order valence-electron chi connectivity index (χ0n) is 9.06. The van der Waals surface area contributed by atoms with Crippen molar-refractivity contribution in [3.05, 3.63) is 11.8 Å². The third-order valence-electron chi connectivity index (χ3n) is 2.52. The molecule has 1 aromatic rings. The molecule has 0 bridgehead atoms. The highest BCUT2D eigenvalue weighted by Crippen LogP contribution is 2.16. The van der Waals surface area contributed by atoms with Gasteiger partial charge in [-0.25, -0.2) is 8.42 Å². The molecule has 2 rings (SSSR count). The Bertz CT molecular complexity index is 448. The zero-order chi connectivity index (χ0) is 11.6. The lowest BCUT2D eigenvalue weighted by Crippen LogP contribution is -2.26. The molecule has 0 aliphatic carbocycles. The number of sulfonamides is 1. The van der Waals surface area contributed by atoms with Gasteiger partial charge in [-0.05, 0) is 19.8 Å². The second-order valence-electron chi connectivity index (χ2n) is 3.95. The van der Waals surface area contributed by atoms with E-state index in [0.29, 0.717) is 12.4 Å². The first-order chi connectivity index (χ1) is 7.57. The molecule has 2 heterocycles. The van der Waals surface area contributed by atoms with Crippen LogP contribution in [0.5, 0.6) is 0 Å². The maximum absolute atomic E-state index is 11.8. The first-order valence-electron chi connectivity index (χ1n) is 5.19. The highest BCUT2D eigenvalue weighted by Gasteiger charge is 2.23. The van der Waals surface area contributed by atoms with Crippen LogP contribution in [0.2, 0.25) is 0 Å². The van der Waals surface area contributed by atoms with E-state index in [2.05, 4.69) is 14.9 Å². The fourth-order valence-electron chi connectivity index (χ4n) is 1.67. The van der Waals surface area contributed by atoms with Gasteiger partial charge in [0.15, 0.2) is 0 Å². The van der Waals surface area contributed by atoms with Crippen molar-refractivity contribution in [1.29, 1.82) is 0 Å². The molecule has 0 saturated carbocycles. The van der Waals surface area contributed by atoms with E-state index in [1.165, 1.54) is 0 Å². The van der Waals surface area contributed by atoms with E-state index in [0.717, 1.165) is 18.4 Å². The van der Waals surface area contributed by atoms with Gasteiger partial charge in [0, 0.05) is 12.2 Å². The van der Waals surface area contributed by atoms with Crippen LogP contribution in [0.15, 0.2) is 6.20 Å². The number of nitrogens with zero attached hydrogens (tertiary/aromatic N) is 1. The van der Waals surface area contributed by atoms with Crippen molar-refractivity contribution in [2.24, 2.45) is 0 Å². The van der Waals surface area contributed by atoms with Crippen LogP contribution in [-0.4, -0.2) is 37.1 Å². The van der Waals surface area contributed by atoms with Gasteiger partial charge in [-0.2, -0.15) is 5.10 Å². The average Bonchev–Trinajstić information content (AvgIpc) is 2.78. The van der Waals surface area contributed by atoms with Crippen LogP contribution in [0.1, 0.15) is 18.4 Å². The molecular formula is C9H15N3O3S. The molecule has 16 heavy (non-hydrogen) atoms. The Kier molecular flexibility index (Phi) is 3.15. The summed E-state index contributed by atoms with van der Waals surface area (Å²) in [4.78, 5) is 0. The van der Waals surface area contributed by atoms with Crippen molar-refractivity contribution < 1.29 is 13.2 Å². The van der Waals surface area contributed by atoms with Gasteiger partial charge in [-0.3, -0.25) is 9.82 Å². The Hall–Kier alpha value is -1.08. The van der Waals surface area contributed by atoms with Crippen molar-refractivity contribution in [3.8, 4) is 0 Å². The summed E-state index contributed by atoms with van der Waals surface area (Å²) < 4.78 is 31.3. The number of H-pyrrole nitrogens is 1. The van der Waals surface area contributed by atoms with Gasteiger partial charge >= 0.3 is 0 Å². The van der Waals surface area contributed by atoms with Gasteiger partial charge < -0.3 is 4.74 Å². The lowest BCUT2D eigenvalue weighted by molar-refractivity contribution is 0.127. The van der Waals surface area contributed by atoms with Gasteiger partial charge in [-0.1, -0.05) is 0 Å². The molecule has 6 nitrogen and oxygen atoms in total.